The first-order valence-electron chi connectivity index (χ1n) is 5.30. The van der Waals surface area contributed by atoms with Crippen LogP contribution in [-0.2, 0) is 0 Å². The lowest BCUT2D eigenvalue weighted by Crippen LogP contribution is -1.91. The van der Waals surface area contributed by atoms with Crippen molar-refractivity contribution >= 4 is 5.82 Å². The maximum atomic E-state index is 5.60. The van der Waals surface area contributed by atoms with Crippen molar-refractivity contribution in [1.29, 1.82) is 0 Å². The van der Waals surface area contributed by atoms with E-state index < -0.39 is 0 Å². The summed E-state index contributed by atoms with van der Waals surface area (Å²) in [4.78, 5) is 8.48. The van der Waals surface area contributed by atoms with E-state index in [2.05, 4.69) is 22.0 Å². The molecule has 16 heavy (non-hydrogen) atoms. The van der Waals surface area contributed by atoms with E-state index in [1.165, 1.54) is 0 Å². The fourth-order valence-corrected chi connectivity index (χ4v) is 1.74. The van der Waals surface area contributed by atoms with Crippen molar-refractivity contribution in [2.24, 2.45) is 5.92 Å². The summed E-state index contributed by atoms with van der Waals surface area (Å²) in [6.07, 6.45) is 1.14. The highest BCUT2D eigenvalue weighted by Gasteiger charge is 2.38. The van der Waals surface area contributed by atoms with Crippen LogP contribution in [0.4, 0.5) is 5.82 Å². The van der Waals surface area contributed by atoms with Crippen LogP contribution in [-0.4, -0.2) is 15.1 Å². The Hall–Kier alpha value is -1.91. The van der Waals surface area contributed by atoms with E-state index in [1.54, 1.807) is 6.07 Å². The molecular weight excluding hydrogens is 204 g/mol. The number of rotatable bonds is 2. The maximum Gasteiger partial charge on any atom is 0.276 e. The molecular formula is C11H12N4O. The second-order valence-electron chi connectivity index (χ2n) is 4.22. The average Bonchev–Trinajstić information content (AvgIpc) is 2.81. The topological polar surface area (TPSA) is 77.8 Å². The molecule has 0 radical (unpaired) electrons. The van der Waals surface area contributed by atoms with Gasteiger partial charge in [-0.1, -0.05) is 18.1 Å². The Balaban J connectivity index is 1.92. The van der Waals surface area contributed by atoms with Crippen LogP contribution in [0.3, 0.4) is 0 Å². The fourth-order valence-electron chi connectivity index (χ4n) is 1.74. The largest absolute Gasteiger partial charge is 0.384 e. The molecule has 1 aliphatic rings. The Labute approximate surface area is 92.7 Å². The molecule has 2 heterocycles. The molecule has 5 heteroatoms. The lowest BCUT2D eigenvalue weighted by Gasteiger charge is -1.94. The number of hydrogen-bond donors (Lipinski definition) is 1. The van der Waals surface area contributed by atoms with Crippen LogP contribution in [0.5, 0.6) is 0 Å². The molecule has 0 aromatic carbocycles. The summed E-state index contributed by atoms with van der Waals surface area (Å²) in [5.74, 6) is 2.81. The molecule has 2 atom stereocenters. The quantitative estimate of drug-likeness (QED) is 0.828. The van der Waals surface area contributed by atoms with Crippen LogP contribution in [0.15, 0.2) is 22.7 Å². The lowest BCUT2D eigenvalue weighted by atomic mass is 10.3. The van der Waals surface area contributed by atoms with Gasteiger partial charge >= 0.3 is 0 Å². The predicted octanol–water partition coefficient (Wildman–Crippen LogP) is 1.84. The third kappa shape index (κ3) is 1.54. The average molecular weight is 216 g/mol. The van der Waals surface area contributed by atoms with Crippen LogP contribution >= 0.6 is 0 Å². The summed E-state index contributed by atoms with van der Waals surface area (Å²) < 4.78 is 5.18. The highest BCUT2D eigenvalue weighted by atomic mass is 16.5. The van der Waals surface area contributed by atoms with E-state index in [-0.39, 0.29) is 0 Å². The van der Waals surface area contributed by atoms with Gasteiger partial charge in [0.2, 0.25) is 0 Å². The summed E-state index contributed by atoms with van der Waals surface area (Å²) in [6.45, 7) is 2.18. The minimum atomic E-state index is 0.446. The highest BCUT2D eigenvalue weighted by molar-refractivity contribution is 5.50. The van der Waals surface area contributed by atoms with Gasteiger partial charge in [-0.15, -0.1) is 0 Å². The van der Waals surface area contributed by atoms with E-state index in [4.69, 9.17) is 10.3 Å². The number of aromatic nitrogens is 3. The molecule has 1 aliphatic carbocycles. The van der Waals surface area contributed by atoms with Crippen molar-refractivity contribution in [3.63, 3.8) is 0 Å². The van der Waals surface area contributed by atoms with E-state index in [0.29, 0.717) is 29.2 Å². The second-order valence-corrected chi connectivity index (χ2v) is 4.22. The normalized spacial score (nSPS) is 23.3. The first kappa shape index (κ1) is 9.33. The van der Waals surface area contributed by atoms with Crippen molar-refractivity contribution in [2.75, 3.05) is 5.73 Å². The number of nitrogens with zero attached hydrogens (tertiary/aromatic N) is 3. The van der Waals surface area contributed by atoms with Gasteiger partial charge in [-0.25, -0.2) is 4.98 Å². The lowest BCUT2D eigenvalue weighted by molar-refractivity contribution is 0.421. The van der Waals surface area contributed by atoms with Gasteiger partial charge in [0.05, 0.1) is 0 Å². The van der Waals surface area contributed by atoms with Crippen molar-refractivity contribution in [3.8, 4) is 11.6 Å². The molecule has 2 unspecified atom stereocenters. The standard InChI is InChI=1S/C11H12N4O/c1-6-5-7(6)10-14-11(16-15-10)8-3-2-4-9(12)13-8/h2-4,6-7H,5H2,1H3,(H2,12,13). The summed E-state index contributed by atoms with van der Waals surface area (Å²) in [5.41, 5.74) is 6.23. The van der Waals surface area contributed by atoms with Crippen LogP contribution in [0.1, 0.15) is 25.1 Å². The molecule has 82 valence electrons. The predicted molar refractivity (Wildman–Crippen MR) is 58.5 cm³/mol. The number of pyridine rings is 1. The molecule has 1 fully saturated rings. The highest BCUT2D eigenvalue weighted by Crippen LogP contribution is 2.45. The molecule has 0 spiro atoms. The van der Waals surface area contributed by atoms with Crippen molar-refractivity contribution in [3.05, 3.63) is 24.0 Å². The van der Waals surface area contributed by atoms with E-state index in [1.807, 2.05) is 12.1 Å². The SMILES string of the molecule is CC1CC1c1noc(-c2cccc(N)n2)n1. The molecule has 2 aromatic rings. The molecule has 0 saturated heterocycles. The number of nitrogens with two attached hydrogens (primary N) is 1. The molecule has 0 amide bonds. The molecule has 3 rings (SSSR count). The first-order valence-corrected chi connectivity index (χ1v) is 5.30. The summed E-state index contributed by atoms with van der Waals surface area (Å²) >= 11 is 0. The number of hydrogen-bond acceptors (Lipinski definition) is 5. The van der Waals surface area contributed by atoms with Gasteiger partial charge in [0.15, 0.2) is 5.82 Å². The zero-order valence-corrected chi connectivity index (χ0v) is 8.92. The van der Waals surface area contributed by atoms with Gasteiger partial charge in [-0.3, -0.25) is 0 Å². The third-order valence-electron chi connectivity index (χ3n) is 2.87. The number of anilines is 1. The molecule has 5 nitrogen and oxygen atoms in total. The Kier molecular flexibility index (Phi) is 1.92. The minimum Gasteiger partial charge on any atom is -0.384 e. The fraction of sp³-hybridized carbons (Fsp3) is 0.364. The minimum absolute atomic E-state index is 0.446. The van der Waals surface area contributed by atoms with Crippen LogP contribution in [0, 0.1) is 5.92 Å². The maximum absolute atomic E-state index is 5.60. The Morgan fingerprint density at radius 1 is 1.38 bits per heavy atom. The molecule has 1 saturated carbocycles. The smallest absolute Gasteiger partial charge is 0.276 e. The summed E-state index contributed by atoms with van der Waals surface area (Å²) in [6, 6.07) is 5.36. The van der Waals surface area contributed by atoms with Gasteiger partial charge in [0.1, 0.15) is 11.5 Å². The van der Waals surface area contributed by atoms with Gasteiger partial charge < -0.3 is 10.3 Å². The molecule has 2 aromatic heterocycles. The van der Waals surface area contributed by atoms with Crippen molar-refractivity contribution < 1.29 is 4.52 Å². The van der Waals surface area contributed by atoms with E-state index >= 15 is 0 Å². The van der Waals surface area contributed by atoms with Gasteiger partial charge in [-0.2, -0.15) is 4.98 Å². The zero-order valence-electron chi connectivity index (χ0n) is 8.92. The van der Waals surface area contributed by atoms with Gasteiger partial charge in [0.25, 0.3) is 5.89 Å². The molecule has 2 N–H and O–H groups in total. The van der Waals surface area contributed by atoms with Crippen molar-refractivity contribution in [2.45, 2.75) is 19.3 Å². The monoisotopic (exact) mass is 216 g/mol. The van der Waals surface area contributed by atoms with E-state index in [9.17, 15) is 0 Å². The third-order valence-corrected chi connectivity index (χ3v) is 2.87. The summed E-state index contributed by atoms with van der Waals surface area (Å²) in [7, 11) is 0. The van der Waals surface area contributed by atoms with Crippen LogP contribution < -0.4 is 5.73 Å². The van der Waals surface area contributed by atoms with E-state index in [0.717, 1.165) is 12.2 Å². The molecule has 0 aliphatic heterocycles. The van der Waals surface area contributed by atoms with Crippen LogP contribution in [0.2, 0.25) is 0 Å². The second kappa shape index (κ2) is 3.30. The Bertz CT molecular complexity index is 522. The zero-order chi connectivity index (χ0) is 11.1. The number of nitrogen functional groups attached to an aromatic ring is 1. The van der Waals surface area contributed by atoms with Crippen LogP contribution in [0.25, 0.3) is 11.6 Å². The Morgan fingerprint density at radius 3 is 2.88 bits per heavy atom. The van der Waals surface area contributed by atoms with Crippen molar-refractivity contribution in [1.82, 2.24) is 15.1 Å². The summed E-state index contributed by atoms with van der Waals surface area (Å²) in [5, 5.41) is 3.97. The Morgan fingerprint density at radius 2 is 2.19 bits per heavy atom. The van der Waals surface area contributed by atoms with Gasteiger partial charge in [0, 0.05) is 5.92 Å². The molecule has 0 bridgehead atoms. The van der Waals surface area contributed by atoms with Gasteiger partial charge in [-0.05, 0) is 24.5 Å². The first-order chi connectivity index (χ1) is 7.74.